The summed E-state index contributed by atoms with van der Waals surface area (Å²) >= 11 is 0. The third-order valence-corrected chi connectivity index (χ3v) is 3.32. The SMILES string of the molecule is O=Cc1c[nH]c2cc(-c3cccc(OC(F)(F)F)c3)cc(O)c12. The standard InChI is InChI=1S/C16H10F3NO3/c17-16(18,19)23-12-3-1-2-9(4-12)10-5-13-15(14(22)6-10)11(8-21)7-20-13/h1-8,20,22H. The Kier molecular flexibility index (Phi) is 3.48. The van der Waals surface area contributed by atoms with Gasteiger partial charge in [0, 0.05) is 11.8 Å². The molecule has 23 heavy (non-hydrogen) atoms. The molecule has 2 aromatic carbocycles. The van der Waals surface area contributed by atoms with Crippen molar-refractivity contribution in [1.29, 1.82) is 0 Å². The molecule has 1 heterocycles. The molecule has 0 bridgehead atoms. The van der Waals surface area contributed by atoms with E-state index in [-0.39, 0.29) is 11.5 Å². The molecule has 118 valence electrons. The van der Waals surface area contributed by atoms with Gasteiger partial charge in [0.2, 0.25) is 0 Å². The van der Waals surface area contributed by atoms with Crippen molar-refractivity contribution in [2.24, 2.45) is 0 Å². The number of H-pyrrole nitrogens is 1. The third-order valence-electron chi connectivity index (χ3n) is 3.32. The predicted molar refractivity (Wildman–Crippen MR) is 77.5 cm³/mol. The Bertz CT molecular complexity index is 884. The van der Waals surface area contributed by atoms with Crippen LogP contribution in [0.15, 0.2) is 42.6 Å². The highest BCUT2D eigenvalue weighted by Gasteiger charge is 2.31. The minimum atomic E-state index is -4.77. The fourth-order valence-electron chi connectivity index (χ4n) is 2.40. The van der Waals surface area contributed by atoms with Crippen molar-refractivity contribution >= 4 is 17.2 Å². The Morgan fingerprint density at radius 3 is 2.61 bits per heavy atom. The molecule has 0 saturated heterocycles. The molecule has 4 nitrogen and oxygen atoms in total. The molecule has 0 radical (unpaired) electrons. The summed E-state index contributed by atoms with van der Waals surface area (Å²) in [5, 5.41) is 10.4. The number of ether oxygens (including phenoxy) is 1. The Morgan fingerprint density at radius 2 is 1.91 bits per heavy atom. The first kappa shape index (κ1) is 15.0. The Morgan fingerprint density at radius 1 is 1.13 bits per heavy atom. The van der Waals surface area contributed by atoms with Gasteiger partial charge in [0.1, 0.15) is 11.5 Å². The zero-order valence-corrected chi connectivity index (χ0v) is 11.5. The molecule has 0 unspecified atom stereocenters. The van der Waals surface area contributed by atoms with Gasteiger partial charge in [-0.05, 0) is 35.4 Å². The fourth-order valence-corrected chi connectivity index (χ4v) is 2.40. The van der Waals surface area contributed by atoms with E-state index in [1.807, 2.05) is 0 Å². The van der Waals surface area contributed by atoms with Crippen LogP contribution < -0.4 is 4.74 Å². The highest BCUT2D eigenvalue weighted by molar-refractivity contribution is 6.02. The molecular weight excluding hydrogens is 311 g/mol. The number of carbonyl (C=O) groups is 1. The first-order chi connectivity index (χ1) is 10.9. The van der Waals surface area contributed by atoms with E-state index < -0.39 is 6.36 Å². The molecule has 2 N–H and O–H groups in total. The van der Waals surface area contributed by atoms with Crippen LogP contribution in [0.3, 0.4) is 0 Å². The summed E-state index contributed by atoms with van der Waals surface area (Å²) in [6, 6.07) is 8.44. The van der Waals surface area contributed by atoms with Crippen LogP contribution in [0.2, 0.25) is 0 Å². The summed E-state index contributed by atoms with van der Waals surface area (Å²) in [7, 11) is 0. The van der Waals surface area contributed by atoms with Crippen molar-refractivity contribution in [3.63, 3.8) is 0 Å². The van der Waals surface area contributed by atoms with Crippen LogP contribution in [0.4, 0.5) is 13.2 Å². The van der Waals surface area contributed by atoms with Crippen molar-refractivity contribution in [2.75, 3.05) is 0 Å². The van der Waals surface area contributed by atoms with E-state index in [2.05, 4.69) is 9.72 Å². The number of phenolic OH excluding ortho intramolecular Hbond substituents is 1. The number of nitrogens with one attached hydrogen (secondary N) is 1. The average molecular weight is 321 g/mol. The summed E-state index contributed by atoms with van der Waals surface area (Å²) in [4.78, 5) is 13.8. The van der Waals surface area contributed by atoms with Crippen molar-refractivity contribution in [3.8, 4) is 22.6 Å². The number of fused-ring (bicyclic) bond motifs is 1. The normalized spacial score (nSPS) is 11.6. The smallest absolute Gasteiger partial charge is 0.507 e. The summed E-state index contributed by atoms with van der Waals surface area (Å²) in [5.41, 5.74) is 1.73. The molecule has 0 aliphatic heterocycles. The van der Waals surface area contributed by atoms with E-state index >= 15 is 0 Å². The van der Waals surface area contributed by atoms with Crippen molar-refractivity contribution in [3.05, 3.63) is 48.2 Å². The van der Waals surface area contributed by atoms with E-state index in [4.69, 9.17) is 0 Å². The number of alkyl halides is 3. The van der Waals surface area contributed by atoms with Crippen LogP contribution in [-0.4, -0.2) is 22.7 Å². The third kappa shape index (κ3) is 2.98. The molecular formula is C16H10F3NO3. The van der Waals surface area contributed by atoms with Crippen LogP contribution in [0.1, 0.15) is 10.4 Å². The quantitative estimate of drug-likeness (QED) is 0.709. The number of aldehydes is 1. The predicted octanol–water partition coefficient (Wildman–Crippen LogP) is 4.25. The zero-order valence-electron chi connectivity index (χ0n) is 11.5. The van der Waals surface area contributed by atoms with Gasteiger partial charge in [0.15, 0.2) is 6.29 Å². The summed E-state index contributed by atoms with van der Waals surface area (Å²) < 4.78 is 40.8. The van der Waals surface area contributed by atoms with Gasteiger partial charge in [0.25, 0.3) is 0 Å². The largest absolute Gasteiger partial charge is 0.573 e. The molecule has 0 spiro atoms. The number of rotatable bonds is 3. The number of hydrogen-bond donors (Lipinski definition) is 2. The van der Waals surface area contributed by atoms with Crippen LogP contribution in [0.25, 0.3) is 22.0 Å². The first-order valence-corrected chi connectivity index (χ1v) is 6.53. The monoisotopic (exact) mass is 321 g/mol. The van der Waals surface area contributed by atoms with E-state index in [0.29, 0.717) is 33.9 Å². The van der Waals surface area contributed by atoms with Crippen molar-refractivity contribution in [2.45, 2.75) is 6.36 Å². The van der Waals surface area contributed by atoms with E-state index in [1.165, 1.54) is 30.5 Å². The molecule has 1 aromatic heterocycles. The minimum absolute atomic E-state index is 0.136. The highest BCUT2D eigenvalue weighted by atomic mass is 19.4. The van der Waals surface area contributed by atoms with E-state index in [1.54, 1.807) is 12.1 Å². The lowest BCUT2D eigenvalue weighted by Gasteiger charge is -2.10. The van der Waals surface area contributed by atoms with Crippen LogP contribution in [0, 0.1) is 0 Å². The molecule has 0 aliphatic rings. The lowest BCUT2D eigenvalue weighted by molar-refractivity contribution is -0.274. The number of aromatic nitrogens is 1. The lowest BCUT2D eigenvalue weighted by atomic mass is 10.0. The number of benzene rings is 2. The zero-order chi connectivity index (χ0) is 16.6. The Labute approximate surface area is 128 Å². The van der Waals surface area contributed by atoms with Crippen molar-refractivity contribution in [1.82, 2.24) is 4.98 Å². The second-order valence-corrected chi connectivity index (χ2v) is 4.86. The second kappa shape index (κ2) is 5.35. The summed E-state index contributed by atoms with van der Waals surface area (Å²) in [6.45, 7) is 0. The van der Waals surface area contributed by atoms with Crippen LogP contribution >= 0.6 is 0 Å². The van der Waals surface area contributed by atoms with Gasteiger partial charge in [-0.25, -0.2) is 0 Å². The molecule has 0 fully saturated rings. The van der Waals surface area contributed by atoms with E-state index in [0.717, 1.165) is 0 Å². The highest BCUT2D eigenvalue weighted by Crippen LogP contribution is 2.34. The molecule has 0 atom stereocenters. The number of aromatic hydroxyl groups is 1. The maximum Gasteiger partial charge on any atom is 0.573 e. The minimum Gasteiger partial charge on any atom is -0.507 e. The lowest BCUT2D eigenvalue weighted by Crippen LogP contribution is -2.17. The maximum absolute atomic E-state index is 12.3. The second-order valence-electron chi connectivity index (χ2n) is 4.86. The molecule has 7 heteroatoms. The summed E-state index contributed by atoms with van der Waals surface area (Å²) in [6.07, 6.45) is -2.72. The molecule has 3 aromatic rings. The number of carbonyl (C=O) groups excluding carboxylic acids is 1. The number of halogens is 3. The average Bonchev–Trinajstić information content (AvgIpc) is 2.89. The number of aromatic amines is 1. The molecule has 0 amide bonds. The summed E-state index contributed by atoms with van der Waals surface area (Å²) in [5.74, 6) is -0.488. The number of phenols is 1. The topological polar surface area (TPSA) is 62.3 Å². The number of hydrogen-bond acceptors (Lipinski definition) is 3. The van der Waals surface area contributed by atoms with Gasteiger partial charge in [-0.2, -0.15) is 0 Å². The van der Waals surface area contributed by atoms with Gasteiger partial charge in [-0.15, -0.1) is 13.2 Å². The molecule has 0 saturated carbocycles. The van der Waals surface area contributed by atoms with Crippen molar-refractivity contribution < 1.29 is 27.8 Å². The van der Waals surface area contributed by atoms with Gasteiger partial charge < -0.3 is 14.8 Å². The van der Waals surface area contributed by atoms with Crippen LogP contribution in [0.5, 0.6) is 11.5 Å². The Balaban J connectivity index is 2.07. The van der Waals surface area contributed by atoms with Gasteiger partial charge in [-0.3, -0.25) is 4.79 Å². The molecule has 3 rings (SSSR count). The van der Waals surface area contributed by atoms with Crippen LogP contribution in [-0.2, 0) is 0 Å². The fraction of sp³-hybridized carbons (Fsp3) is 0.0625. The van der Waals surface area contributed by atoms with Gasteiger partial charge in [-0.1, -0.05) is 12.1 Å². The van der Waals surface area contributed by atoms with Gasteiger partial charge >= 0.3 is 6.36 Å². The van der Waals surface area contributed by atoms with E-state index in [9.17, 15) is 23.1 Å². The molecule has 0 aliphatic carbocycles. The first-order valence-electron chi connectivity index (χ1n) is 6.53. The Hall–Kier alpha value is -2.96. The van der Waals surface area contributed by atoms with Gasteiger partial charge in [0.05, 0.1) is 10.9 Å². The maximum atomic E-state index is 12.3.